The third kappa shape index (κ3) is 16.4. The number of carboxylic acids is 1. The van der Waals surface area contributed by atoms with Gasteiger partial charge in [-0.2, -0.15) is 0 Å². The number of alkyl carbamates (subject to hydrolysis) is 1. The molecule has 0 aliphatic carbocycles. The number of rotatable bonds is 12. The van der Waals surface area contributed by atoms with Crippen molar-refractivity contribution in [1.82, 2.24) is 16.0 Å². The summed E-state index contributed by atoms with van der Waals surface area (Å²) in [7, 11) is 0. The number of carbonyl (C=O) groups is 5. The van der Waals surface area contributed by atoms with Gasteiger partial charge in [-0.1, -0.05) is 0 Å². The highest BCUT2D eigenvalue weighted by Gasteiger charge is 2.27. The number of amides is 3. The first-order valence-corrected chi connectivity index (χ1v) is 10.7. The third-order valence-corrected chi connectivity index (χ3v) is 3.79. The maximum absolute atomic E-state index is 12.0. The fourth-order valence-electron chi connectivity index (χ4n) is 2.42. The Kier molecular flexibility index (Phi) is 12.4. The van der Waals surface area contributed by atoms with Crippen molar-refractivity contribution in [1.29, 1.82) is 0 Å². The topological polar surface area (TPSA) is 186 Å². The number of hydrogen-bond donors (Lipinski definition) is 5. The van der Waals surface area contributed by atoms with Crippen molar-refractivity contribution >= 4 is 29.8 Å². The molecule has 0 aromatic heterocycles. The summed E-state index contributed by atoms with van der Waals surface area (Å²) in [5.74, 6) is -3.54. The second-order valence-electron chi connectivity index (χ2n) is 9.50. The average molecular weight is 475 g/mol. The normalized spacial score (nSPS) is 13.3. The molecule has 6 N–H and O–H groups in total. The quantitative estimate of drug-likeness (QED) is 0.197. The van der Waals surface area contributed by atoms with Gasteiger partial charge in [0, 0.05) is 6.54 Å². The van der Waals surface area contributed by atoms with E-state index in [1.54, 1.807) is 41.5 Å². The molecule has 0 aromatic carbocycles. The van der Waals surface area contributed by atoms with Crippen LogP contribution in [-0.2, 0) is 28.7 Å². The maximum atomic E-state index is 12.0. The van der Waals surface area contributed by atoms with Crippen LogP contribution in [0.1, 0.15) is 67.2 Å². The Morgan fingerprint density at radius 2 is 1.48 bits per heavy atom. The van der Waals surface area contributed by atoms with Gasteiger partial charge in [0.25, 0.3) is 0 Å². The number of ether oxygens (including phenoxy) is 2. The molecule has 3 amide bonds. The number of unbranched alkanes of at least 4 members (excludes halogenated alkanes) is 1. The predicted molar refractivity (Wildman–Crippen MR) is 119 cm³/mol. The summed E-state index contributed by atoms with van der Waals surface area (Å²) in [6.45, 7) is 10.0. The number of carboxylic acid groups (broad SMARTS) is 1. The van der Waals surface area contributed by atoms with Crippen molar-refractivity contribution in [3.05, 3.63) is 0 Å². The van der Waals surface area contributed by atoms with E-state index >= 15 is 0 Å². The Labute approximate surface area is 194 Å². The van der Waals surface area contributed by atoms with Gasteiger partial charge < -0.3 is 36.3 Å². The fraction of sp³-hybridized carbons (Fsp3) is 0.762. The van der Waals surface area contributed by atoms with E-state index in [9.17, 15) is 29.1 Å². The Bertz CT molecular complexity index is 697. The number of esters is 1. The van der Waals surface area contributed by atoms with Crippen molar-refractivity contribution in [2.75, 3.05) is 13.1 Å². The average Bonchev–Trinajstić information content (AvgIpc) is 2.61. The van der Waals surface area contributed by atoms with Crippen LogP contribution in [0.5, 0.6) is 0 Å². The monoisotopic (exact) mass is 474 g/mol. The zero-order valence-corrected chi connectivity index (χ0v) is 20.3. The van der Waals surface area contributed by atoms with Gasteiger partial charge in [-0.3, -0.25) is 14.4 Å². The first-order chi connectivity index (χ1) is 15.0. The largest absolute Gasteiger partial charge is 0.480 e. The molecule has 12 heteroatoms. The molecule has 0 heterocycles. The minimum absolute atomic E-state index is 0.319. The highest BCUT2D eigenvalue weighted by Crippen LogP contribution is 2.09. The van der Waals surface area contributed by atoms with Crippen molar-refractivity contribution in [3.63, 3.8) is 0 Å². The summed E-state index contributed by atoms with van der Waals surface area (Å²) in [5.41, 5.74) is 4.41. The van der Waals surface area contributed by atoms with Crippen molar-refractivity contribution < 1.29 is 38.6 Å². The van der Waals surface area contributed by atoms with Crippen LogP contribution in [0.3, 0.4) is 0 Å². The molecule has 0 radical (unpaired) electrons. The summed E-state index contributed by atoms with van der Waals surface area (Å²) in [6.07, 6.45) is 0.365. The van der Waals surface area contributed by atoms with Crippen LogP contribution in [0.25, 0.3) is 0 Å². The van der Waals surface area contributed by atoms with Gasteiger partial charge in [0.05, 0.1) is 19.0 Å². The first-order valence-electron chi connectivity index (χ1n) is 10.7. The second kappa shape index (κ2) is 13.6. The number of carbonyl (C=O) groups excluding carboxylic acids is 4. The van der Waals surface area contributed by atoms with Gasteiger partial charge in [-0.15, -0.1) is 0 Å². The number of hydrogen-bond acceptors (Lipinski definition) is 8. The lowest BCUT2D eigenvalue weighted by Gasteiger charge is -2.21. The molecular weight excluding hydrogens is 436 g/mol. The minimum Gasteiger partial charge on any atom is -0.480 e. The molecule has 0 rings (SSSR count). The van der Waals surface area contributed by atoms with Crippen molar-refractivity contribution in [2.24, 2.45) is 5.73 Å². The second-order valence-corrected chi connectivity index (χ2v) is 9.50. The Morgan fingerprint density at radius 3 is 2.00 bits per heavy atom. The summed E-state index contributed by atoms with van der Waals surface area (Å²) < 4.78 is 10.2. The number of aliphatic carboxylic acids is 1. The molecule has 12 nitrogen and oxygen atoms in total. The minimum atomic E-state index is -1.49. The Morgan fingerprint density at radius 1 is 0.909 bits per heavy atom. The molecule has 0 saturated carbocycles. The van der Waals surface area contributed by atoms with Crippen LogP contribution in [0.4, 0.5) is 4.79 Å². The number of nitrogens with one attached hydrogen (secondary N) is 3. The molecule has 190 valence electrons. The molecule has 33 heavy (non-hydrogen) atoms. The van der Waals surface area contributed by atoms with E-state index in [0.717, 1.165) is 0 Å². The lowest BCUT2D eigenvalue weighted by atomic mass is 10.1. The van der Waals surface area contributed by atoms with E-state index in [1.807, 2.05) is 0 Å². The molecule has 0 aliphatic heterocycles. The van der Waals surface area contributed by atoms with Gasteiger partial charge in [-0.05, 0) is 60.8 Å². The van der Waals surface area contributed by atoms with E-state index in [4.69, 9.17) is 15.2 Å². The first kappa shape index (κ1) is 30.1. The van der Waals surface area contributed by atoms with Gasteiger partial charge in [0.2, 0.25) is 11.8 Å². The molecule has 0 saturated heterocycles. The number of nitrogens with two attached hydrogens (primary N) is 1. The molecule has 0 unspecified atom stereocenters. The summed E-state index contributed by atoms with van der Waals surface area (Å²) in [4.78, 5) is 58.6. The smallest absolute Gasteiger partial charge is 0.407 e. The lowest BCUT2D eigenvalue weighted by molar-refractivity contribution is -0.158. The van der Waals surface area contributed by atoms with Crippen LogP contribution in [0, 0.1) is 0 Å². The molecular formula is C21H38N4O8. The van der Waals surface area contributed by atoms with Gasteiger partial charge in [-0.25, -0.2) is 9.59 Å². The van der Waals surface area contributed by atoms with E-state index in [2.05, 4.69) is 16.0 Å². The van der Waals surface area contributed by atoms with E-state index in [0.29, 0.717) is 25.8 Å². The molecule has 0 spiro atoms. The van der Waals surface area contributed by atoms with Crippen molar-refractivity contribution in [2.45, 2.75) is 90.5 Å². The van der Waals surface area contributed by atoms with E-state index in [-0.39, 0.29) is 0 Å². The highest BCUT2D eigenvalue weighted by molar-refractivity contribution is 5.90. The van der Waals surface area contributed by atoms with Crippen LogP contribution in [0.15, 0.2) is 0 Å². The van der Waals surface area contributed by atoms with Crippen LogP contribution in [0.2, 0.25) is 0 Å². The Hall–Kier alpha value is -2.89. The zero-order chi connectivity index (χ0) is 25.8. The Balaban J connectivity index is 4.26. The van der Waals surface area contributed by atoms with Crippen LogP contribution in [-0.4, -0.2) is 71.3 Å². The SMILES string of the molecule is CC(C)(C)OC(=O)C[C@H](NC(=O)CNC(=O)[C@@H](N)CCCCNC(=O)OC(C)(C)C)C(=O)O. The molecule has 2 atom stereocenters. The van der Waals surface area contributed by atoms with E-state index in [1.165, 1.54) is 0 Å². The molecule has 0 aliphatic rings. The molecule has 0 fully saturated rings. The van der Waals surface area contributed by atoms with Crippen LogP contribution < -0.4 is 21.7 Å². The lowest BCUT2D eigenvalue weighted by Crippen LogP contribution is -2.49. The fourth-order valence-corrected chi connectivity index (χ4v) is 2.42. The molecule has 0 bridgehead atoms. The summed E-state index contributed by atoms with van der Waals surface area (Å²) in [5, 5.41) is 16.3. The standard InChI is InChI=1S/C21H38N4O8/c1-20(2,3)32-16(27)11-14(18(29)30)25-15(26)12-24-17(28)13(22)9-7-8-10-23-19(31)33-21(4,5)6/h13-14H,7-12,22H2,1-6H3,(H,23,31)(H,24,28)(H,25,26)(H,29,30)/t13-,14-/m0/s1. The van der Waals surface area contributed by atoms with Gasteiger partial charge >= 0.3 is 18.0 Å². The third-order valence-electron chi connectivity index (χ3n) is 3.79. The summed E-state index contributed by atoms with van der Waals surface area (Å²) in [6, 6.07) is -2.37. The predicted octanol–water partition coefficient (Wildman–Crippen LogP) is 0.426. The maximum Gasteiger partial charge on any atom is 0.407 e. The zero-order valence-electron chi connectivity index (χ0n) is 20.3. The van der Waals surface area contributed by atoms with Gasteiger partial charge in [0.1, 0.15) is 17.2 Å². The van der Waals surface area contributed by atoms with Crippen molar-refractivity contribution in [3.8, 4) is 0 Å². The van der Waals surface area contributed by atoms with E-state index < -0.39 is 66.1 Å². The van der Waals surface area contributed by atoms with Crippen LogP contribution >= 0.6 is 0 Å². The van der Waals surface area contributed by atoms with Gasteiger partial charge in [0.15, 0.2) is 0 Å². The molecule has 0 aromatic rings. The summed E-state index contributed by atoms with van der Waals surface area (Å²) >= 11 is 0. The highest BCUT2D eigenvalue weighted by atomic mass is 16.6.